The van der Waals surface area contributed by atoms with Crippen LogP contribution in [-0.2, 0) is 11.8 Å². The van der Waals surface area contributed by atoms with Crippen molar-refractivity contribution >= 4 is 5.69 Å². The number of likely N-dealkylation sites (N-methyl/N-ethyl adjacent to an activating group) is 1. The first-order valence-electron chi connectivity index (χ1n) is 10.3. The molecule has 0 saturated carbocycles. The molecule has 3 heteroatoms. The second-order valence-electron chi connectivity index (χ2n) is 8.32. The van der Waals surface area contributed by atoms with Crippen LogP contribution in [0.25, 0.3) is 0 Å². The van der Waals surface area contributed by atoms with Gasteiger partial charge >= 0.3 is 0 Å². The summed E-state index contributed by atoms with van der Waals surface area (Å²) in [5.41, 5.74) is 5.77. The molecule has 1 N–H and O–H groups in total. The summed E-state index contributed by atoms with van der Waals surface area (Å²) in [5, 5.41) is 3.24. The Balaban J connectivity index is 3.25. The summed E-state index contributed by atoms with van der Waals surface area (Å²) in [6.45, 7) is 20.7. The Morgan fingerprint density at radius 2 is 1.96 bits per heavy atom. The van der Waals surface area contributed by atoms with Gasteiger partial charge in [-0.25, -0.2) is 0 Å². The highest BCUT2D eigenvalue weighted by molar-refractivity contribution is 5.55. The van der Waals surface area contributed by atoms with Gasteiger partial charge in [0.05, 0.1) is 11.4 Å². The Labute approximate surface area is 173 Å². The molecule has 0 aliphatic rings. The number of nitrogens with zero attached hydrogens (tertiary/aromatic N) is 2. The van der Waals surface area contributed by atoms with Crippen LogP contribution in [0.4, 0.5) is 5.69 Å². The van der Waals surface area contributed by atoms with Gasteiger partial charge in [0.1, 0.15) is 0 Å². The molecule has 1 aromatic rings. The zero-order valence-corrected chi connectivity index (χ0v) is 18.8. The van der Waals surface area contributed by atoms with Gasteiger partial charge in [-0.3, -0.25) is 4.98 Å². The lowest BCUT2D eigenvalue weighted by Crippen LogP contribution is -2.29. The third-order valence-electron chi connectivity index (χ3n) is 4.47. The van der Waals surface area contributed by atoms with E-state index in [9.17, 15) is 0 Å². The quantitative estimate of drug-likeness (QED) is 0.379. The maximum Gasteiger partial charge on any atom is 0.0690 e. The second-order valence-corrected chi connectivity index (χ2v) is 8.32. The minimum absolute atomic E-state index is 0.00420. The van der Waals surface area contributed by atoms with Gasteiger partial charge in [-0.1, -0.05) is 58.1 Å². The van der Waals surface area contributed by atoms with E-state index in [-0.39, 0.29) is 5.41 Å². The van der Waals surface area contributed by atoms with E-state index < -0.39 is 0 Å². The lowest BCUT2D eigenvalue weighted by atomic mass is 9.89. The Bertz CT molecular complexity index is 705. The fourth-order valence-corrected chi connectivity index (χ4v) is 3.01. The molecule has 1 aromatic heterocycles. The molecular formula is C25H39N3. The molecule has 0 aromatic carbocycles. The molecule has 1 heterocycles. The maximum absolute atomic E-state index is 4.89. The predicted octanol–water partition coefficient (Wildman–Crippen LogP) is 5.95. The van der Waals surface area contributed by atoms with E-state index >= 15 is 0 Å². The first-order chi connectivity index (χ1) is 13.2. The van der Waals surface area contributed by atoms with Gasteiger partial charge in [0.25, 0.3) is 0 Å². The van der Waals surface area contributed by atoms with E-state index in [1.807, 2.05) is 32.3 Å². The maximum atomic E-state index is 4.89. The molecule has 0 saturated heterocycles. The number of anilines is 1. The van der Waals surface area contributed by atoms with Gasteiger partial charge in [-0.15, -0.1) is 6.58 Å². The van der Waals surface area contributed by atoms with E-state index in [2.05, 4.69) is 69.3 Å². The summed E-state index contributed by atoms with van der Waals surface area (Å²) in [4.78, 5) is 7.35. The predicted molar refractivity (Wildman–Crippen MR) is 125 cm³/mol. The van der Waals surface area contributed by atoms with E-state index in [4.69, 9.17) is 4.98 Å². The van der Waals surface area contributed by atoms with Crippen molar-refractivity contribution < 1.29 is 0 Å². The van der Waals surface area contributed by atoms with Crippen LogP contribution in [0.5, 0.6) is 0 Å². The first kappa shape index (κ1) is 23.7. The number of nitrogens with one attached hydrogen (secondary N) is 1. The minimum Gasteiger partial charge on any atom is -0.388 e. The highest BCUT2D eigenvalue weighted by Gasteiger charge is 2.23. The standard InChI is InChI=1S/C25H39N3/c1-9-11-17-28(16-10-2)23-18-21(19-27-24(23)25(5,6)7)13-15-22(26-8)14-12-20(3)4/h9,12,14-15,18-19,26H,1,3,10-11,13,16-17H2,2,4-8H3/b14-12-,22-15+. The van der Waals surface area contributed by atoms with Crippen molar-refractivity contribution in [2.24, 2.45) is 0 Å². The van der Waals surface area contributed by atoms with Crippen molar-refractivity contribution in [1.29, 1.82) is 0 Å². The van der Waals surface area contributed by atoms with Crippen LogP contribution in [0, 0.1) is 0 Å². The van der Waals surface area contributed by atoms with E-state index in [0.717, 1.165) is 49.3 Å². The van der Waals surface area contributed by atoms with E-state index in [1.54, 1.807) is 0 Å². The number of pyridine rings is 1. The highest BCUT2D eigenvalue weighted by atomic mass is 15.1. The lowest BCUT2D eigenvalue weighted by Gasteiger charge is -2.31. The van der Waals surface area contributed by atoms with Crippen LogP contribution in [0.2, 0.25) is 0 Å². The largest absolute Gasteiger partial charge is 0.388 e. The molecule has 28 heavy (non-hydrogen) atoms. The third kappa shape index (κ3) is 7.75. The lowest BCUT2D eigenvalue weighted by molar-refractivity contribution is 0.564. The number of hydrogen-bond acceptors (Lipinski definition) is 3. The molecule has 1 rings (SSSR count). The first-order valence-corrected chi connectivity index (χ1v) is 10.3. The number of aromatic nitrogens is 1. The molecule has 0 bridgehead atoms. The number of hydrogen-bond donors (Lipinski definition) is 1. The molecular weight excluding hydrogens is 342 g/mol. The summed E-state index contributed by atoms with van der Waals surface area (Å²) in [6.07, 6.45) is 13.2. The summed E-state index contributed by atoms with van der Waals surface area (Å²) < 4.78 is 0. The van der Waals surface area contributed by atoms with Crippen LogP contribution >= 0.6 is 0 Å². The Morgan fingerprint density at radius 1 is 1.25 bits per heavy atom. The highest BCUT2D eigenvalue weighted by Crippen LogP contribution is 2.31. The van der Waals surface area contributed by atoms with E-state index in [1.165, 1.54) is 11.3 Å². The molecule has 0 spiro atoms. The molecule has 0 aliphatic heterocycles. The second kappa shape index (κ2) is 11.5. The van der Waals surface area contributed by atoms with Crippen molar-refractivity contribution in [2.45, 2.75) is 59.3 Å². The number of rotatable bonds is 11. The molecule has 0 aliphatic carbocycles. The molecule has 0 unspecified atom stereocenters. The van der Waals surface area contributed by atoms with Gasteiger partial charge in [0.15, 0.2) is 0 Å². The fraction of sp³-hybridized carbons (Fsp3) is 0.480. The van der Waals surface area contributed by atoms with Gasteiger partial charge < -0.3 is 10.2 Å². The van der Waals surface area contributed by atoms with Crippen LogP contribution in [0.3, 0.4) is 0 Å². The van der Waals surface area contributed by atoms with Crippen LogP contribution in [-0.4, -0.2) is 25.1 Å². The zero-order chi connectivity index (χ0) is 21.2. The normalized spacial score (nSPS) is 12.3. The van der Waals surface area contributed by atoms with Crippen LogP contribution in [0.1, 0.15) is 58.7 Å². The van der Waals surface area contributed by atoms with Gasteiger partial charge in [-0.2, -0.15) is 0 Å². The molecule has 0 fully saturated rings. The average Bonchev–Trinajstić information content (AvgIpc) is 2.64. The zero-order valence-electron chi connectivity index (χ0n) is 18.8. The Morgan fingerprint density at radius 3 is 2.50 bits per heavy atom. The van der Waals surface area contributed by atoms with E-state index in [0.29, 0.717) is 0 Å². The van der Waals surface area contributed by atoms with Crippen LogP contribution in [0.15, 0.2) is 61.0 Å². The summed E-state index contributed by atoms with van der Waals surface area (Å²) in [5.74, 6) is 0. The van der Waals surface area contributed by atoms with Gasteiger partial charge in [0.2, 0.25) is 0 Å². The molecule has 3 nitrogen and oxygen atoms in total. The van der Waals surface area contributed by atoms with Crippen molar-refractivity contribution in [1.82, 2.24) is 10.3 Å². The van der Waals surface area contributed by atoms with Gasteiger partial charge in [0, 0.05) is 37.4 Å². The topological polar surface area (TPSA) is 28.2 Å². The van der Waals surface area contributed by atoms with Crippen molar-refractivity contribution in [3.05, 3.63) is 72.3 Å². The monoisotopic (exact) mass is 381 g/mol. The fourth-order valence-electron chi connectivity index (χ4n) is 3.01. The average molecular weight is 382 g/mol. The smallest absolute Gasteiger partial charge is 0.0690 e. The van der Waals surface area contributed by atoms with Crippen molar-refractivity contribution in [2.75, 3.05) is 25.0 Å². The number of allylic oxidation sites excluding steroid dienone is 4. The van der Waals surface area contributed by atoms with Crippen LogP contribution < -0.4 is 10.2 Å². The Kier molecular flexibility index (Phi) is 9.78. The minimum atomic E-state index is 0.00420. The summed E-state index contributed by atoms with van der Waals surface area (Å²) >= 11 is 0. The third-order valence-corrected chi connectivity index (χ3v) is 4.47. The summed E-state index contributed by atoms with van der Waals surface area (Å²) in [6, 6.07) is 2.32. The molecule has 0 amide bonds. The molecule has 0 radical (unpaired) electrons. The summed E-state index contributed by atoms with van der Waals surface area (Å²) in [7, 11) is 1.94. The molecule has 154 valence electrons. The SMILES string of the molecule is C=CCCN(CCC)c1cc(C/C=C(\C=C/C(=C)C)NC)cnc1C(C)(C)C. The van der Waals surface area contributed by atoms with Crippen molar-refractivity contribution in [3.63, 3.8) is 0 Å². The van der Waals surface area contributed by atoms with Gasteiger partial charge in [-0.05, 0) is 43.9 Å². The van der Waals surface area contributed by atoms with Crippen molar-refractivity contribution in [3.8, 4) is 0 Å². The Hall–Kier alpha value is -2.29. The molecule has 0 atom stereocenters.